The van der Waals surface area contributed by atoms with E-state index in [2.05, 4.69) is 28.9 Å². The molecule has 1 unspecified atom stereocenters. The first-order valence-corrected chi connectivity index (χ1v) is 12.1. The Morgan fingerprint density at radius 3 is 2.43 bits per heavy atom. The summed E-state index contributed by atoms with van der Waals surface area (Å²) >= 11 is 0. The Labute approximate surface area is 203 Å². The molecule has 0 bridgehead atoms. The molecular formula is C26H31F3N4O2. The minimum atomic E-state index is -4.11. The van der Waals surface area contributed by atoms with E-state index >= 15 is 0 Å². The van der Waals surface area contributed by atoms with Crippen LogP contribution in [0.1, 0.15) is 37.3 Å². The van der Waals surface area contributed by atoms with Crippen molar-refractivity contribution in [2.24, 2.45) is 11.8 Å². The third-order valence-corrected chi connectivity index (χ3v) is 6.84. The van der Waals surface area contributed by atoms with E-state index in [9.17, 15) is 22.8 Å². The zero-order valence-corrected chi connectivity index (χ0v) is 19.8. The average molecular weight is 489 g/mol. The fourth-order valence-electron chi connectivity index (χ4n) is 4.64. The van der Waals surface area contributed by atoms with Gasteiger partial charge in [0.25, 0.3) is 0 Å². The second-order valence-electron chi connectivity index (χ2n) is 9.24. The standard InChI is InChI=1S/C26H31F3N4O2/c1-2-18-13-22(33-11-9-20(10-12-33)26(27,28)29)7-8-23(18)32-21-5-3-17(4-6-21)15-31-25(35)19-14-24(34)30-16-19/h3-8,13,19-20,32H,2,9-12,14-16H2,1H3,(H,30,34)(H,31,35). The maximum Gasteiger partial charge on any atom is 0.391 e. The van der Waals surface area contributed by atoms with Crippen molar-refractivity contribution in [2.75, 3.05) is 29.9 Å². The normalized spacial score (nSPS) is 18.9. The minimum Gasteiger partial charge on any atom is -0.371 e. The first-order chi connectivity index (χ1) is 16.7. The van der Waals surface area contributed by atoms with Crippen LogP contribution in [-0.4, -0.2) is 37.6 Å². The third kappa shape index (κ3) is 6.26. The Hall–Kier alpha value is -3.23. The first kappa shape index (κ1) is 24.9. The van der Waals surface area contributed by atoms with Crippen LogP contribution < -0.4 is 20.9 Å². The number of carbonyl (C=O) groups is 2. The van der Waals surface area contributed by atoms with Crippen molar-refractivity contribution in [1.29, 1.82) is 0 Å². The van der Waals surface area contributed by atoms with Crippen LogP contribution in [0.5, 0.6) is 0 Å². The molecule has 2 heterocycles. The zero-order valence-electron chi connectivity index (χ0n) is 19.8. The molecule has 4 rings (SSSR count). The molecule has 0 spiro atoms. The summed E-state index contributed by atoms with van der Waals surface area (Å²) in [6.07, 6.45) is -2.82. The Kier molecular flexibility index (Phi) is 7.52. The van der Waals surface area contributed by atoms with Crippen LogP contribution in [-0.2, 0) is 22.6 Å². The van der Waals surface area contributed by atoms with E-state index in [0.29, 0.717) is 26.2 Å². The lowest BCUT2D eigenvalue weighted by Crippen LogP contribution is -2.39. The number of benzene rings is 2. The van der Waals surface area contributed by atoms with Crippen LogP contribution >= 0.6 is 0 Å². The van der Waals surface area contributed by atoms with Crippen LogP contribution in [0.2, 0.25) is 0 Å². The number of halogens is 3. The second-order valence-corrected chi connectivity index (χ2v) is 9.24. The summed E-state index contributed by atoms with van der Waals surface area (Å²) in [5.41, 5.74) is 4.87. The number of carbonyl (C=O) groups excluding carboxylic acids is 2. The molecule has 2 aliphatic rings. The lowest BCUT2D eigenvalue weighted by Gasteiger charge is -2.34. The average Bonchev–Trinajstić information content (AvgIpc) is 3.29. The first-order valence-electron chi connectivity index (χ1n) is 12.1. The van der Waals surface area contributed by atoms with Crippen molar-refractivity contribution >= 4 is 28.9 Å². The van der Waals surface area contributed by atoms with Gasteiger partial charge in [-0.2, -0.15) is 13.2 Å². The lowest BCUT2D eigenvalue weighted by molar-refractivity contribution is -0.179. The Balaban J connectivity index is 1.33. The number of aryl methyl sites for hydroxylation is 1. The van der Waals surface area contributed by atoms with Gasteiger partial charge in [0.1, 0.15) is 0 Å². The number of hydrogen-bond acceptors (Lipinski definition) is 4. The van der Waals surface area contributed by atoms with Gasteiger partial charge in [0.05, 0.1) is 11.8 Å². The molecule has 0 radical (unpaired) electrons. The maximum atomic E-state index is 13.0. The van der Waals surface area contributed by atoms with Gasteiger partial charge in [-0.25, -0.2) is 0 Å². The number of anilines is 3. The van der Waals surface area contributed by atoms with Gasteiger partial charge in [-0.05, 0) is 60.7 Å². The topological polar surface area (TPSA) is 73.5 Å². The fourth-order valence-corrected chi connectivity index (χ4v) is 4.64. The molecular weight excluding hydrogens is 457 g/mol. The molecule has 0 aromatic heterocycles. The molecule has 2 saturated heterocycles. The molecule has 0 aliphatic carbocycles. The number of hydrogen-bond donors (Lipinski definition) is 3. The molecule has 2 aromatic rings. The Morgan fingerprint density at radius 1 is 1.11 bits per heavy atom. The van der Waals surface area contributed by atoms with Crippen molar-refractivity contribution in [2.45, 2.75) is 45.3 Å². The molecule has 2 aromatic carbocycles. The highest BCUT2D eigenvalue weighted by molar-refractivity contribution is 5.89. The molecule has 6 nitrogen and oxygen atoms in total. The molecule has 2 fully saturated rings. The van der Waals surface area contributed by atoms with E-state index in [1.54, 1.807) is 0 Å². The monoisotopic (exact) mass is 488 g/mol. The molecule has 3 N–H and O–H groups in total. The maximum absolute atomic E-state index is 13.0. The molecule has 2 amide bonds. The van der Waals surface area contributed by atoms with Crippen molar-refractivity contribution in [3.63, 3.8) is 0 Å². The van der Waals surface area contributed by atoms with Crippen LogP contribution in [0.4, 0.5) is 30.2 Å². The lowest BCUT2D eigenvalue weighted by atomic mass is 9.95. The van der Waals surface area contributed by atoms with Crippen molar-refractivity contribution < 1.29 is 22.8 Å². The van der Waals surface area contributed by atoms with Crippen molar-refractivity contribution in [1.82, 2.24) is 10.6 Å². The van der Waals surface area contributed by atoms with E-state index in [1.165, 1.54) is 0 Å². The number of rotatable bonds is 7. The van der Waals surface area contributed by atoms with Crippen LogP contribution in [0.25, 0.3) is 0 Å². The van der Waals surface area contributed by atoms with Crippen LogP contribution in [0, 0.1) is 11.8 Å². The zero-order chi connectivity index (χ0) is 25.0. The minimum absolute atomic E-state index is 0.0916. The summed E-state index contributed by atoms with van der Waals surface area (Å²) in [6, 6.07) is 13.8. The van der Waals surface area contributed by atoms with E-state index in [1.807, 2.05) is 41.3 Å². The third-order valence-electron chi connectivity index (χ3n) is 6.84. The summed E-state index contributed by atoms with van der Waals surface area (Å²) in [7, 11) is 0. The summed E-state index contributed by atoms with van der Waals surface area (Å²) < 4.78 is 38.9. The smallest absolute Gasteiger partial charge is 0.371 e. The van der Waals surface area contributed by atoms with Gasteiger partial charge in [-0.1, -0.05) is 19.1 Å². The fraction of sp³-hybridized carbons (Fsp3) is 0.462. The van der Waals surface area contributed by atoms with Crippen molar-refractivity contribution in [3.05, 3.63) is 53.6 Å². The van der Waals surface area contributed by atoms with E-state index in [4.69, 9.17) is 0 Å². The highest BCUT2D eigenvalue weighted by atomic mass is 19.4. The van der Waals surface area contributed by atoms with Gasteiger partial charge in [0, 0.05) is 49.7 Å². The molecule has 35 heavy (non-hydrogen) atoms. The molecule has 1 atom stereocenters. The number of alkyl halides is 3. The van der Waals surface area contributed by atoms with E-state index < -0.39 is 12.1 Å². The predicted octanol–water partition coefficient (Wildman–Crippen LogP) is 4.52. The van der Waals surface area contributed by atoms with E-state index in [-0.39, 0.29) is 37.0 Å². The van der Waals surface area contributed by atoms with Gasteiger partial charge < -0.3 is 20.9 Å². The van der Waals surface area contributed by atoms with Gasteiger partial charge >= 0.3 is 6.18 Å². The van der Waals surface area contributed by atoms with Gasteiger partial charge in [-0.3, -0.25) is 9.59 Å². The second kappa shape index (κ2) is 10.6. The number of nitrogens with zero attached hydrogens (tertiary/aromatic N) is 1. The Morgan fingerprint density at radius 2 is 1.83 bits per heavy atom. The number of piperidine rings is 1. The number of nitrogens with one attached hydrogen (secondary N) is 3. The molecule has 188 valence electrons. The van der Waals surface area contributed by atoms with Crippen molar-refractivity contribution in [3.8, 4) is 0 Å². The SMILES string of the molecule is CCc1cc(N2CCC(C(F)(F)F)CC2)ccc1Nc1ccc(CNC(=O)C2CNC(=O)C2)cc1. The highest BCUT2D eigenvalue weighted by Crippen LogP contribution is 2.36. The Bertz CT molecular complexity index is 1050. The highest BCUT2D eigenvalue weighted by Gasteiger charge is 2.41. The van der Waals surface area contributed by atoms with Crippen LogP contribution in [0.3, 0.4) is 0 Å². The number of amides is 2. The molecule has 2 aliphatic heterocycles. The largest absolute Gasteiger partial charge is 0.391 e. The molecule has 9 heteroatoms. The predicted molar refractivity (Wildman–Crippen MR) is 130 cm³/mol. The quantitative estimate of drug-likeness (QED) is 0.536. The van der Waals surface area contributed by atoms with E-state index in [0.717, 1.165) is 34.6 Å². The van der Waals surface area contributed by atoms with Gasteiger partial charge in [-0.15, -0.1) is 0 Å². The molecule has 0 saturated carbocycles. The van der Waals surface area contributed by atoms with Gasteiger partial charge in [0.15, 0.2) is 0 Å². The van der Waals surface area contributed by atoms with Gasteiger partial charge in [0.2, 0.25) is 11.8 Å². The summed E-state index contributed by atoms with van der Waals surface area (Å²) in [5, 5.41) is 8.97. The summed E-state index contributed by atoms with van der Waals surface area (Å²) in [4.78, 5) is 25.5. The summed E-state index contributed by atoms with van der Waals surface area (Å²) in [6.45, 7) is 3.65. The van der Waals surface area contributed by atoms with Crippen LogP contribution in [0.15, 0.2) is 42.5 Å². The summed E-state index contributed by atoms with van der Waals surface area (Å²) in [5.74, 6) is -1.73.